The molecule has 3 fully saturated rings. The van der Waals surface area contributed by atoms with Gasteiger partial charge in [0.1, 0.15) is 11.6 Å². The third-order valence-electron chi connectivity index (χ3n) is 10.8. The highest BCUT2D eigenvalue weighted by atomic mass is 19.3. The van der Waals surface area contributed by atoms with E-state index < -0.39 is 47.0 Å². The van der Waals surface area contributed by atoms with Crippen molar-refractivity contribution in [2.75, 3.05) is 0 Å². The lowest BCUT2D eigenvalue weighted by Crippen LogP contribution is -2.39. The number of hydrogen-bond donors (Lipinski definition) is 0. The molecule has 2 aromatic carbocycles. The van der Waals surface area contributed by atoms with Crippen molar-refractivity contribution in [1.82, 2.24) is 0 Å². The lowest BCUT2D eigenvalue weighted by molar-refractivity contribution is -0.301. The van der Waals surface area contributed by atoms with Crippen LogP contribution in [0, 0.1) is 46.9 Å². The molecular weight excluding hydrogens is 562 g/mol. The van der Waals surface area contributed by atoms with Crippen LogP contribution < -0.4 is 0 Å². The van der Waals surface area contributed by atoms with E-state index in [1.165, 1.54) is 63.5 Å². The molecule has 238 valence electrons. The van der Waals surface area contributed by atoms with E-state index in [4.69, 9.17) is 4.74 Å². The molecule has 0 heterocycles. The Morgan fingerprint density at radius 2 is 1.28 bits per heavy atom. The van der Waals surface area contributed by atoms with Gasteiger partial charge in [0.25, 0.3) is 0 Å². The summed E-state index contributed by atoms with van der Waals surface area (Å²) in [6.07, 6.45) is 11.1. The molecule has 0 atom stereocenters. The van der Waals surface area contributed by atoms with Crippen molar-refractivity contribution in [3.63, 3.8) is 0 Å². The topological polar surface area (TPSA) is 9.23 Å². The number of rotatable bonds is 10. The van der Waals surface area contributed by atoms with E-state index in [9.17, 15) is 17.6 Å². The lowest BCUT2D eigenvalue weighted by atomic mass is 9.68. The fraction of sp³-hybridized carbons (Fsp3) is 0.667. The summed E-state index contributed by atoms with van der Waals surface area (Å²) in [5.41, 5.74) is -0.0528. The molecule has 0 unspecified atom stereocenters. The van der Waals surface area contributed by atoms with E-state index in [0.717, 1.165) is 37.0 Å². The average Bonchev–Trinajstić information content (AvgIpc) is 2.99. The number of alkyl halides is 2. The minimum atomic E-state index is -3.16. The Bertz CT molecular complexity index is 1170. The Morgan fingerprint density at radius 1 is 0.674 bits per heavy atom. The molecule has 3 saturated carbocycles. The zero-order valence-corrected chi connectivity index (χ0v) is 25.3. The largest absolute Gasteiger partial charge is 0.358 e. The minimum absolute atomic E-state index is 0.0843. The summed E-state index contributed by atoms with van der Waals surface area (Å²) in [5.74, 6) is -2.82. The second-order valence-electron chi connectivity index (χ2n) is 13.5. The number of ether oxygens (including phenoxy) is 1. The highest BCUT2D eigenvalue weighted by molar-refractivity contribution is 5.65. The number of benzene rings is 2. The Morgan fingerprint density at radius 3 is 1.86 bits per heavy atom. The molecule has 7 heteroatoms. The Labute approximate surface area is 252 Å². The first-order valence-electron chi connectivity index (χ1n) is 16.6. The Hall–Kier alpha value is -2.02. The maximum absolute atomic E-state index is 15.3. The van der Waals surface area contributed by atoms with Gasteiger partial charge in [0.15, 0.2) is 11.6 Å². The van der Waals surface area contributed by atoms with Gasteiger partial charge in [-0.2, -0.15) is 8.78 Å². The first-order valence-corrected chi connectivity index (χ1v) is 16.6. The SMILES string of the molecule is CCCCCC1CCC(C2CCC(C(F)(F)OC3CCC(c4cc(F)c(-c5ccc(F)c(F)c5)c(F)c4)CC3)CC2)CC1. The predicted octanol–water partition coefficient (Wildman–Crippen LogP) is 11.7. The van der Waals surface area contributed by atoms with Gasteiger partial charge < -0.3 is 4.74 Å². The highest BCUT2D eigenvalue weighted by Crippen LogP contribution is 2.47. The predicted molar refractivity (Wildman–Crippen MR) is 158 cm³/mol. The summed E-state index contributed by atoms with van der Waals surface area (Å²) >= 11 is 0. The zero-order chi connectivity index (χ0) is 30.6. The van der Waals surface area contributed by atoms with Crippen LogP contribution in [0.2, 0.25) is 0 Å². The summed E-state index contributed by atoms with van der Waals surface area (Å²) in [4.78, 5) is 0. The molecule has 0 amide bonds. The van der Waals surface area contributed by atoms with Crippen molar-refractivity contribution in [3.05, 3.63) is 59.2 Å². The monoisotopic (exact) mass is 608 g/mol. The molecule has 43 heavy (non-hydrogen) atoms. The molecule has 3 aliphatic rings. The second kappa shape index (κ2) is 14.4. The van der Waals surface area contributed by atoms with Crippen LogP contribution in [0.4, 0.5) is 26.3 Å². The van der Waals surface area contributed by atoms with Gasteiger partial charge in [-0.1, -0.05) is 51.5 Å². The molecular formula is C36H46F6O. The molecule has 5 rings (SSSR count). The molecule has 0 radical (unpaired) electrons. The van der Waals surface area contributed by atoms with Crippen LogP contribution in [0.5, 0.6) is 0 Å². The summed E-state index contributed by atoms with van der Waals surface area (Å²) in [5, 5.41) is 0. The smallest absolute Gasteiger partial charge is 0.317 e. The zero-order valence-electron chi connectivity index (χ0n) is 25.3. The Kier molecular flexibility index (Phi) is 10.8. The van der Waals surface area contributed by atoms with E-state index in [0.29, 0.717) is 55.9 Å². The number of halogens is 6. The van der Waals surface area contributed by atoms with Gasteiger partial charge >= 0.3 is 6.11 Å². The first-order chi connectivity index (χ1) is 20.6. The van der Waals surface area contributed by atoms with Gasteiger partial charge in [0.2, 0.25) is 0 Å². The second-order valence-corrected chi connectivity index (χ2v) is 13.5. The van der Waals surface area contributed by atoms with Gasteiger partial charge in [0, 0.05) is 0 Å². The van der Waals surface area contributed by atoms with Crippen LogP contribution in [-0.4, -0.2) is 12.2 Å². The summed E-state index contributed by atoms with van der Waals surface area (Å²) in [7, 11) is 0. The van der Waals surface area contributed by atoms with Crippen molar-refractivity contribution in [2.45, 2.75) is 128 Å². The fourth-order valence-electron chi connectivity index (χ4n) is 8.15. The van der Waals surface area contributed by atoms with Crippen molar-refractivity contribution in [2.24, 2.45) is 23.7 Å². The van der Waals surface area contributed by atoms with E-state index in [1.54, 1.807) is 0 Å². The summed E-state index contributed by atoms with van der Waals surface area (Å²) in [6, 6.07) is 5.18. The van der Waals surface area contributed by atoms with E-state index >= 15 is 8.78 Å². The minimum Gasteiger partial charge on any atom is -0.317 e. The van der Waals surface area contributed by atoms with Gasteiger partial charge in [-0.3, -0.25) is 0 Å². The molecule has 0 bridgehead atoms. The molecule has 0 aromatic heterocycles. The molecule has 2 aromatic rings. The molecule has 0 aliphatic heterocycles. The highest BCUT2D eigenvalue weighted by Gasteiger charge is 2.46. The lowest BCUT2D eigenvalue weighted by Gasteiger charge is -2.40. The molecule has 3 aliphatic carbocycles. The van der Waals surface area contributed by atoms with Crippen molar-refractivity contribution in [1.29, 1.82) is 0 Å². The van der Waals surface area contributed by atoms with Crippen LogP contribution in [0.3, 0.4) is 0 Å². The first kappa shape index (κ1) is 32.4. The van der Waals surface area contributed by atoms with E-state index in [-0.39, 0.29) is 11.5 Å². The van der Waals surface area contributed by atoms with Crippen LogP contribution in [0.15, 0.2) is 30.3 Å². The maximum atomic E-state index is 15.3. The van der Waals surface area contributed by atoms with Crippen molar-refractivity contribution < 1.29 is 31.1 Å². The van der Waals surface area contributed by atoms with Crippen LogP contribution in [0.25, 0.3) is 11.1 Å². The van der Waals surface area contributed by atoms with Gasteiger partial charge in [-0.25, -0.2) is 17.6 Å². The third-order valence-corrected chi connectivity index (χ3v) is 10.8. The number of unbranched alkanes of at least 4 members (excludes halogenated alkanes) is 2. The average molecular weight is 609 g/mol. The Balaban J connectivity index is 1.08. The normalized spacial score (nSPS) is 28.6. The molecule has 1 nitrogen and oxygen atoms in total. The maximum Gasteiger partial charge on any atom is 0.358 e. The van der Waals surface area contributed by atoms with Crippen molar-refractivity contribution >= 4 is 0 Å². The van der Waals surface area contributed by atoms with Crippen molar-refractivity contribution in [3.8, 4) is 11.1 Å². The van der Waals surface area contributed by atoms with Crippen LogP contribution in [-0.2, 0) is 4.74 Å². The van der Waals surface area contributed by atoms with Gasteiger partial charge in [0.05, 0.1) is 17.6 Å². The van der Waals surface area contributed by atoms with E-state index in [1.807, 2.05) is 0 Å². The molecule has 0 spiro atoms. The van der Waals surface area contributed by atoms with Gasteiger partial charge in [-0.05, 0) is 123 Å². The van der Waals surface area contributed by atoms with E-state index in [2.05, 4.69) is 6.92 Å². The molecule has 0 saturated heterocycles. The standard InChI is InChI=1S/C36H46F6O/c1-2-3-4-5-23-6-8-24(9-7-23)25-10-15-29(16-11-25)36(41,42)43-30-17-12-26(13-18-30)28-21-33(39)35(34(40)22-28)27-14-19-31(37)32(38)20-27/h14,19-26,29-30H,2-13,15-18H2,1H3. The van der Waals surface area contributed by atoms with Gasteiger partial charge in [-0.15, -0.1) is 0 Å². The van der Waals surface area contributed by atoms with Crippen LogP contribution >= 0.6 is 0 Å². The number of hydrogen-bond acceptors (Lipinski definition) is 1. The summed E-state index contributed by atoms with van der Waals surface area (Å²) < 4.78 is 92.8. The van der Waals surface area contributed by atoms with Crippen LogP contribution in [0.1, 0.15) is 121 Å². The third kappa shape index (κ3) is 7.99. The molecule has 0 N–H and O–H groups in total. The quantitative estimate of drug-likeness (QED) is 0.193. The fourth-order valence-corrected chi connectivity index (χ4v) is 8.15. The summed E-state index contributed by atoms with van der Waals surface area (Å²) in [6.45, 7) is 2.24.